The first-order chi connectivity index (χ1) is 9.63. The monoisotopic (exact) mass is 332 g/mol. The minimum Gasteiger partial charge on any atom is -0.496 e. The van der Waals surface area contributed by atoms with Crippen LogP contribution in [0.4, 0.5) is 5.69 Å². The van der Waals surface area contributed by atoms with Gasteiger partial charge in [-0.05, 0) is 51.8 Å². The summed E-state index contributed by atoms with van der Waals surface area (Å²) in [6.07, 6.45) is 0. The maximum absolute atomic E-state index is 8.78. The van der Waals surface area contributed by atoms with Crippen molar-refractivity contribution in [3.8, 4) is 17.6 Å². The van der Waals surface area contributed by atoms with Gasteiger partial charge < -0.3 is 15.2 Å². The van der Waals surface area contributed by atoms with Gasteiger partial charge in [0, 0.05) is 0 Å². The van der Waals surface area contributed by atoms with E-state index in [4.69, 9.17) is 20.5 Å². The highest BCUT2D eigenvalue weighted by Gasteiger charge is 2.05. The van der Waals surface area contributed by atoms with Crippen molar-refractivity contribution < 1.29 is 9.47 Å². The lowest BCUT2D eigenvalue weighted by Crippen LogP contribution is -1.99. The molecule has 2 aromatic rings. The van der Waals surface area contributed by atoms with E-state index in [1.54, 1.807) is 25.3 Å². The Morgan fingerprint density at radius 2 is 1.95 bits per heavy atom. The highest BCUT2D eigenvalue weighted by Crippen LogP contribution is 2.27. The quantitative estimate of drug-likeness (QED) is 0.870. The molecule has 0 aliphatic rings. The zero-order valence-corrected chi connectivity index (χ0v) is 12.5. The Hall–Kier alpha value is -2.19. The molecule has 0 amide bonds. The molecule has 0 fully saturated rings. The molecule has 0 atom stereocenters. The molecule has 5 heteroatoms. The SMILES string of the molecule is COc1ccc(COc2ccc(C#N)cc2N)cc1Br. The number of methoxy groups -OCH3 is 1. The maximum Gasteiger partial charge on any atom is 0.142 e. The van der Waals surface area contributed by atoms with Crippen molar-refractivity contribution in [3.63, 3.8) is 0 Å². The molecule has 0 bridgehead atoms. The normalized spacial score (nSPS) is 9.85. The highest BCUT2D eigenvalue weighted by atomic mass is 79.9. The van der Waals surface area contributed by atoms with Crippen molar-refractivity contribution in [3.05, 3.63) is 52.0 Å². The van der Waals surface area contributed by atoms with Gasteiger partial charge in [0.05, 0.1) is 28.9 Å². The number of benzene rings is 2. The number of anilines is 1. The molecule has 102 valence electrons. The number of hydrogen-bond acceptors (Lipinski definition) is 4. The lowest BCUT2D eigenvalue weighted by Gasteiger charge is -2.10. The third kappa shape index (κ3) is 3.22. The van der Waals surface area contributed by atoms with Crippen LogP contribution in [0.2, 0.25) is 0 Å². The lowest BCUT2D eigenvalue weighted by atomic mass is 10.2. The van der Waals surface area contributed by atoms with Gasteiger partial charge in [0.25, 0.3) is 0 Å². The summed E-state index contributed by atoms with van der Waals surface area (Å²) in [5.74, 6) is 1.34. The van der Waals surface area contributed by atoms with Gasteiger partial charge in [0.15, 0.2) is 0 Å². The Balaban J connectivity index is 2.09. The molecule has 0 saturated carbocycles. The smallest absolute Gasteiger partial charge is 0.142 e. The average Bonchev–Trinajstić information content (AvgIpc) is 2.46. The summed E-state index contributed by atoms with van der Waals surface area (Å²) in [5.41, 5.74) is 7.79. The zero-order valence-electron chi connectivity index (χ0n) is 10.9. The molecule has 0 aliphatic heterocycles. The number of nitriles is 1. The van der Waals surface area contributed by atoms with Crippen LogP contribution in [0.25, 0.3) is 0 Å². The van der Waals surface area contributed by atoms with Gasteiger partial charge in [-0.1, -0.05) is 6.07 Å². The molecule has 0 unspecified atom stereocenters. The predicted octanol–water partition coefficient (Wildman–Crippen LogP) is 3.49. The van der Waals surface area contributed by atoms with Crippen LogP contribution < -0.4 is 15.2 Å². The molecule has 0 aromatic heterocycles. The van der Waals surface area contributed by atoms with Crippen LogP contribution in [0.1, 0.15) is 11.1 Å². The Morgan fingerprint density at radius 1 is 1.20 bits per heavy atom. The summed E-state index contributed by atoms with van der Waals surface area (Å²) >= 11 is 3.43. The van der Waals surface area contributed by atoms with Crippen LogP contribution in [0.3, 0.4) is 0 Å². The molecule has 4 nitrogen and oxygen atoms in total. The fourth-order valence-corrected chi connectivity index (χ4v) is 2.30. The maximum atomic E-state index is 8.78. The van der Waals surface area contributed by atoms with Gasteiger partial charge in [-0.3, -0.25) is 0 Å². The van der Waals surface area contributed by atoms with E-state index >= 15 is 0 Å². The number of nitrogens with zero attached hydrogens (tertiary/aromatic N) is 1. The zero-order chi connectivity index (χ0) is 14.5. The van der Waals surface area contributed by atoms with Crippen LogP contribution in [0.15, 0.2) is 40.9 Å². The van der Waals surface area contributed by atoms with E-state index in [1.165, 1.54) is 0 Å². The van der Waals surface area contributed by atoms with Gasteiger partial charge in [-0.15, -0.1) is 0 Å². The van der Waals surface area contributed by atoms with Crippen LogP contribution in [0, 0.1) is 11.3 Å². The Morgan fingerprint density at radius 3 is 2.55 bits per heavy atom. The first-order valence-electron chi connectivity index (χ1n) is 5.89. The second kappa shape index (κ2) is 6.31. The summed E-state index contributed by atoms with van der Waals surface area (Å²) in [7, 11) is 1.62. The molecular formula is C15H13BrN2O2. The van der Waals surface area contributed by atoms with Gasteiger partial charge in [-0.25, -0.2) is 0 Å². The number of nitrogens with two attached hydrogens (primary N) is 1. The van der Waals surface area contributed by atoms with Crippen molar-refractivity contribution in [2.24, 2.45) is 0 Å². The largest absolute Gasteiger partial charge is 0.496 e. The van der Waals surface area contributed by atoms with Crippen LogP contribution >= 0.6 is 15.9 Å². The van der Waals surface area contributed by atoms with Crippen molar-refractivity contribution in [2.75, 3.05) is 12.8 Å². The van der Waals surface area contributed by atoms with E-state index in [2.05, 4.69) is 15.9 Å². The van der Waals surface area contributed by atoms with E-state index in [9.17, 15) is 0 Å². The highest BCUT2D eigenvalue weighted by molar-refractivity contribution is 9.10. The summed E-state index contributed by atoms with van der Waals surface area (Å²) in [4.78, 5) is 0. The third-order valence-corrected chi connectivity index (χ3v) is 3.37. The van der Waals surface area contributed by atoms with E-state index in [0.29, 0.717) is 23.6 Å². The number of rotatable bonds is 4. The summed E-state index contributed by atoms with van der Waals surface area (Å²) in [6, 6.07) is 12.7. The van der Waals surface area contributed by atoms with Gasteiger partial charge in [0.2, 0.25) is 0 Å². The molecule has 0 saturated heterocycles. The first-order valence-corrected chi connectivity index (χ1v) is 6.68. The molecule has 2 rings (SSSR count). The van der Waals surface area contributed by atoms with Crippen molar-refractivity contribution in [1.29, 1.82) is 5.26 Å². The fourth-order valence-electron chi connectivity index (χ4n) is 1.71. The minimum atomic E-state index is 0.388. The first kappa shape index (κ1) is 14.2. The van der Waals surface area contributed by atoms with Crippen molar-refractivity contribution >= 4 is 21.6 Å². The Kier molecular flexibility index (Phi) is 4.49. The number of nitrogen functional groups attached to an aromatic ring is 1. The second-order valence-corrected chi connectivity index (χ2v) is 4.98. The van der Waals surface area contributed by atoms with E-state index in [0.717, 1.165) is 15.8 Å². The summed E-state index contributed by atoms with van der Waals surface area (Å²) in [6.45, 7) is 0.388. The number of ether oxygens (including phenoxy) is 2. The van der Waals surface area contributed by atoms with Crippen molar-refractivity contribution in [1.82, 2.24) is 0 Å². The minimum absolute atomic E-state index is 0.388. The number of halogens is 1. The fraction of sp³-hybridized carbons (Fsp3) is 0.133. The van der Waals surface area contributed by atoms with Gasteiger partial charge in [-0.2, -0.15) is 5.26 Å². The Bertz CT molecular complexity index is 665. The Labute approximate surface area is 125 Å². The van der Waals surface area contributed by atoms with Crippen LogP contribution in [0.5, 0.6) is 11.5 Å². The topological polar surface area (TPSA) is 68.3 Å². The summed E-state index contributed by atoms with van der Waals surface area (Å²) in [5, 5.41) is 8.78. The predicted molar refractivity (Wildman–Crippen MR) is 80.6 cm³/mol. The molecule has 0 aliphatic carbocycles. The van der Waals surface area contributed by atoms with Gasteiger partial charge >= 0.3 is 0 Å². The second-order valence-electron chi connectivity index (χ2n) is 4.12. The average molecular weight is 333 g/mol. The van der Waals surface area contributed by atoms with Crippen molar-refractivity contribution in [2.45, 2.75) is 6.61 Å². The van der Waals surface area contributed by atoms with E-state index in [1.807, 2.05) is 24.3 Å². The third-order valence-electron chi connectivity index (χ3n) is 2.75. The van der Waals surface area contributed by atoms with Crippen LogP contribution in [-0.2, 0) is 6.61 Å². The summed E-state index contributed by atoms with van der Waals surface area (Å²) < 4.78 is 11.7. The molecule has 2 N–H and O–H groups in total. The molecule has 0 spiro atoms. The molecule has 2 aromatic carbocycles. The molecule has 20 heavy (non-hydrogen) atoms. The molecule has 0 heterocycles. The standard InChI is InChI=1S/C15H13BrN2O2/c1-19-14-4-3-11(6-12(14)16)9-20-15-5-2-10(8-17)7-13(15)18/h2-7H,9,18H2,1H3. The number of hydrogen-bond donors (Lipinski definition) is 1. The van der Waals surface area contributed by atoms with Gasteiger partial charge in [0.1, 0.15) is 18.1 Å². The lowest BCUT2D eigenvalue weighted by molar-refractivity contribution is 0.307. The van der Waals surface area contributed by atoms with E-state index < -0.39 is 0 Å². The van der Waals surface area contributed by atoms with E-state index in [-0.39, 0.29) is 0 Å². The molecular weight excluding hydrogens is 320 g/mol. The van der Waals surface area contributed by atoms with Crippen LogP contribution in [-0.4, -0.2) is 7.11 Å². The molecule has 0 radical (unpaired) electrons.